The Kier molecular flexibility index (Phi) is 4.89. The largest absolute Gasteiger partial charge is 0.506 e. The van der Waals surface area contributed by atoms with Crippen molar-refractivity contribution in [3.63, 3.8) is 0 Å². The average Bonchev–Trinajstić information content (AvgIpc) is 3.37. The van der Waals surface area contributed by atoms with Crippen molar-refractivity contribution in [1.29, 1.82) is 0 Å². The van der Waals surface area contributed by atoms with Crippen LogP contribution in [0.4, 0.5) is 11.6 Å². The molecule has 0 aromatic carbocycles. The topological polar surface area (TPSA) is 144 Å². The van der Waals surface area contributed by atoms with E-state index < -0.39 is 5.41 Å². The van der Waals surface area contributed by atoms with Crippen LogP contribution in [0.3, 0.4) is 0 Å². The molecule has 11 heteroatoms. The maximum absolute atomic E-state index is 13.0. The number of aryl methyl sites for hydroxylation is 1. The molecule has 5 rings (SSSR count). The molecule has 4 aromatic heterocycles. The Labute approximate surface area is 193 Å². The number of nitrogens with one attached hydrogen (secondary N) is 1. The minimum Gasteiger partial charge on any atom is -0.506 e. The molecule has 0 unspecified atom stereocenters. The van der Waals surface area contributed by atoms with Crippen LogP contribution in [0.15, 0.2) is 30.9 Å². The second-order valence-corrected chi connectivity index (χ2v) is 8.50. The van der Waals surface area contributed by atoms with Gasteiger partial charge in [0.05, 0.1) is 17.0 Å². The van der Waals surface area contributed by atoms with Crippen LogP contribution in [-0.2, 0) is 16.6 Å². The second kappa shape index (κ2) is 7.66. The fourth-order valence-electron chi connectivity index (χ4n) is 4.08. The standard InChI is InChI=1S/C22H21ClN8O2/c1-3-4-5-12-20-25-6-7-31(20)10-13(27-12)18-28-17(24)16-19(29-18)30-21(33)22(16,2)15-8-14(32)11(23)9-26-15/h6-10H,3-5H2,1-2H3,(H,26,32)(H3,24,28,29,30,33)/t22-/m0/s1. The van der Waals surface area contributed by atoms with Crippen LogP contribution in [0.1, 0.15) is 43.6 Å². The highest BCUT2D eigenvalue weighted by molar-refractivity contribution is 6.31. The molecule has 1 aliphatic rings. The minimum atomic E-state index is -1.30. The summed E-state index contributed by atoms with van der Waals surface area (Å²) in [7, 11) is 0. The molecular weight excluding hydrogens is 444 g/mol. The number of amides is 1. The predicted octanol–water partition coefficient (Wildman–Crippen LogP) is 3.12. The van der Waals surface area contributed by atoms with Gasteiger partial charge in [0.25, 0.3) is 0 Å². The van der Waals surface area contributed by atoms with Gasteiger partial charge in [-0.15, -0.1) is 0 Å². The van der Waals surface area contributed by atoms with E-state index >= 15 is 0 Å². The Hall–Kier alpha value is -3.79. The maximum atomic E-state index is 13.0. The van der Waals surface area contributed by atoms with Crippen LogP contribution in [0.2, 0.25) is 5.02 Å². The minimum absolute atomic E-state index is 0.0837. The van der Waals surface area contributed by atoms with Crippen molar-refractivity contribution >= 4 is 34.8 Å². The highest BCUT2D eigenvalue weighted by Gasteiger charge is 2.49. The smallest absolute Gasteiger partial charge is 0.242 e. The quantitative estimate of drug-likeness (QED) is 0.408. The van der Waals surface area contributed by atoms with Gasteiger partial charge in [0.2, 0.25) is 5.91 Å². The molecule has 0 saturated heterocycles. The molecule has 0 fully saturated rings. The molecule has 1 atom stereocenters. The summed E-state index contributed by atoms with van der Waals surface area (Å²) in [5.74, 6) is 0.124. The summed E-state index contributed by atoms with van der Waals surface area (Å²) in [5.41, 5.74) is 7.88. The van der Waals surface area contributed by atoms with Crippen molar-refractivity contribution in [3.8, 4) is 17.3 Å². The van der Waals surface area contributed by atoms with Gasteiger partial charge in [0, 0.05) is 30.9 Å². The molecule has 4 N–H and O–H groups in total. The number of carbonyl (C=O) groups is 1. The molecule has 0 radical (unpaired) electrons. The number of halogens is 1. The zero-order valence-electron chi connectivity index (χ0n) is 18.0. The van der Waals surface area contributed by atoms with Crippen LogP contribution < -0.4 is 11.1 Å². The first-order valence-corrected chi connectivity index (χ1v) is 10.9. The molecule has 10 nitrogen and oxygen atoms in total. The van der Waals surface area contributed by atoms with Gasteiger partial charge in [-0.3, -0.25) is 9.78 Å². The lowest BCUT2D eigenvalue weighted by Crippen LogP contribution is -2.33. The number of nitrogens with two attached hydrogens (primary N) is 1. The Morgan fingerprint density at radius 2 is 2.09 bits per heavy atom. The molecular formula is C22H21ClN8O2. The monoisotopic (exact) mass is 464 g/mol. The van der Waals surface area contributed by atoms with E-state index in [9.17, 15) is 9.90 Å². The normalized spacial score (nSPS) is 17.4. The Bertz CT molecular complexity index is 1420. The van der Waals surface area contributed by atoms with Gasteiger partial charge in [-0.1, -0.05) is 24.9 Å². The number of aromatic hydroxyl groups is 1. The number of imidazole rings is 1. The number of unbranched alkanes of at least 4 members (excludes halogenated alkanes) is 1. The summed E-state index contributed by atoms with van der Waals surface area (Å²) in [6.07, 6.45) is 9.40. The second-order valence-electron chi connectivity index (χ2n) is 8.09. The summed E-state index contributed by atoms with van der Waals surface area (Å²) in [6, 6.07) is 1.35. The third-order valence-electron chi connectivity index (χ3n) is 5.91. The molecule has 5 heterocycles. The maximum Gasteiger partial charge on any atom is 0.242 e. The number of fused-ring (bicyclic) bond motifs is 2. The van der Waals surface area contributed by atoms with Crippen molar-refractivity contribution < 1.29 is 9.90 Å². The zero-order chi connectivity index (χ0) is 23.3. The molecule has 4 aromatic rings. The molecule has 1 amide bonds. The summed E-state index contributed by atoms with van der Waals surface area (Å²) >= 11 is 5.89. The highest BCUT2D eigenvalue weighted by atomic mass is 35.5. The molecule has 168 valence electrons. The first kappa shape index (κ1) is 21.1. The summed E-state index contributed by atoms with van der Waals surface area (Å²) in [5, 5.41) is 12.9. The zero-order valence-corrected chi connectivity index (χ0v) is 18.8. The summed E-state index contributed by atoms with van der Waals surface area (Å²) in [6.45, 7) is 3.77. The lowest BCUT2D eigenvalue weighted by Gasteiger charge is -2.22. The molecule has 0 bridgehead atoms. The Morgan fingerprint density at radius 3 is 2.85 bits per heavy atom. The number of rotatable bonds is 5. The summed E-state index contributed by atoms with van der Waals surface area (Å²) in [4.78, 5) is 35.5. The van der Waals surface area contributed by atoms with E-state index in [1.807, 2.05) is 10.6 Å². The Morgan fingerprint density at radius 1 is 1.27 bits per heavy atom. The number of nitrogens with zero attached hydrogens (tertiary/aromatic N) is 6. The number of pyridine rings is 1. The number of nitrogen functional groups attached to an aromatic ring is 1. The van der Waals surface area contributed by atoms with Crippen LogP contribution in [0, 0.1) is 0 Å². The van der Waals surface area contributed by atoms with Crippen LogP contribution in [0.25, 0.3) is 17.2 Å². The number of aromatic nitrogens is 6. The predicted molar refractivity (Wildman–Crippen MR) is 123 cm³/mol. The van der Waals surface area contributed by atoms with E-state index in [1.54, 1.807) is 19.3 Å². The fraction of sp³-hybridized carbons (Fsp3) is 0.273. The number of hydrogen-bond donors (Lipinski definition) is 3. The van der Waals surface area contributed by atoms with Gasteiger partial charge in [0.1, 0.15) is 33.5 Å². The van der Waals surface area contributed by atoms with Crippen molar-refractivity contribution in [2.45, 2.75) is 38.5 Å². The van der Waals surface area contributed by atoms with Crippen molar-refractivity contribution in [2.75, 3.05) is 11.1 Å². The molecule has 0 aliphatic carbocycles. The van der Waals surface area contributed by atoms with E-state index in [4.69, 9.17) is 22.3 Å². The number of carbonyl (C=O) groups excluding carboxylic acids is 1. The first-order valence-electron chi connectivity index (χ1n) is 10.5. The van der Waals surface area contributed by atoms with Gasteiger partial charge >= 0.3 is 0 Å². The lowest BCUT2D eigenvalue weighted by molar-refractivity contribution is -0.119. The Balaban J connectivity index is 1.64. The van der Waals surface area contributed by atoms with Gasteiger partial charge in [0.15, 0.2) is 11.5 Å². The van der Waals surface area contributed by atoms with Gasteiger partial charge in [-0.05, 0) is 19.8 Å². The number of anilines is 2. The van der Waals surface area contributed by atoms with E-state index in [2.05, 4.69) is 32.2 Å². The first-order chi connectivity index (χ1) is 15.8. The molecule has 1 aliphatic heterocycles. The molecule has 0 saturated carbocycles. The van der Waals surface area contributed by atoms with E-state index in [-0.39, 0.29) is 39.8 Å². The van der Waals surface area contributed by atoms with Crippen LogP contribution >= 0.6 is 11.6 Å². The van der Waals surface area contributed by atoms with Crippen molar-refractivity contribution in [2.24, 2.45) is 0 Å². The van der Waals surface area contributed by atoms with E-state index in [0.29, 0.717) is 11.3 Å². The van der Waals surface area contributed by atoms with Crippen LogP contribution in [-0.4, -0.2) is 40.3 Å². The average molecular weight is 465 g/mol. The van der Waals surface area contributed by atoms with Gasteiger partial charge < -0.3 is 20.6 Å². The van der Waals surface area contributed by atoms with Crippen LogP contribution in [0.5, 0.6) is 5.75 Å². The van der Waals surface area contributed by atoms with E-state index in [1.165, 1.54) is 12.3 Å². The van der Waals surface area contributed by atoms with Gasteiger partial charge in [-0.2, -0.15) is 0 Å². The van der Waals surface area contributed by atoms with Gasteiger partial charge in [-0.25, -0.2) is 19.9 Å². The van der Waals surface area contributed by atoms with Crippen molar-refractivity contribution in [1.82, 2.24) is 29.3 Å². The number of hydrogen-bond acceptors (Lipinski definition) is 8. The lowest BCUT2D eigenvalue weighted by atomic mass is 9.80. The van der Waals surface area contributed by atoms with E-state index in [0.717, 1.165) is 30.6 Å². The third kappa shape index (κ3) is 3.25. The SMILES string of the molecule is CCCCc1nc(-c2nc(N)c3c(n2)NC(=O)[C@@]3(C)c2cc(O)c(Cl)cn2)cn2ccnc12. The third-order valence-corrected chi connectivity index (χ3v) is 6.20. The summed E-state index contributed by atoms with van der Waals surface area (Å²) < 4.78 is 1.88. The highest BCUT2D eigenvalue weighted by Crippen LogP contribution is 2.45. The molecule has 0 spiro atoms. The van der Waals surface area contributed by atoms with Crippen molar-refractivity contribution in [3.05, 3.63) is 52.8 Å². The fourth-order valence-corrected chi connectivity index (χ4v) is 4.19. The molecule has 33 heavy (non-hydrogen) atoms.